The predicted molar refractivity (Wildman–Crippen MR) is 136 cm³/mol. The second-order valence-corrected chi connectivity index (χ2v) is 8.04. The Morgan fingerprint density at radius 2 is 1.18 bits per heavy atom. The lowest BCUT2D eigenvalue weighted by Gasteiger charge is -2.12. The fraction of sp³-hybridized carbons (Fsp3) is 0.115. The van der Waals surface area contributed by atoms with Crippen LogP contribution in [0.15, 0.2) is 72.8 Å². The van der Waals surface area contributed by atoms with Crippen molar-refractivity contribution in [2.75, 3.05) is 16.0 Å². The number of carbonyl (C=O) groups is 2. The number of nitrogens with zero attached hydrogens (tertiary/aromatic N) is 3. The lowest BCUT2D eigenvalue weighted by atomic mass is 10.2. The Labute approximate surface area is 220 Å². The summed E-state index contributed by atoms with van der Waals surface area (Å²) in [5.74, 6) is 0.00704. The van der Waals surface area contributed by atoms with E-state index < -0.39 is 11.7 Å². The molecule has 1 aromatic heterocycles. The average molecular weight is 538 g/mol. The Hall–Kier alpha value is -5.20. The molecule has 0 unspecified atom stereocenters. The van der Waals surface area contributed by atoms with Crippen LogP contribution in [0.1, 0.15) is 19.4 Å². The molecule has 4 rings (SSSR count). The lowest BCUT2D eigenvalue weighted by molar-refractivity contribution is -0.137. The van der Waals surface area contributed by atoms with Gasteiger partial charge in [-0.25, -0.2) is 0 Å². The molecule has 0 fully saturated rings. The molecular weight excluding hydrogens is 517 g/mol. The van der Waals surface area contributed by atoms with Crippen LogP contribution in [0.2, 0.25) is 0 Å². The van der Waals surface area contributed by atoms with E-state index in [4.69, 9.17) is 9.47 Å². The van der Waals surface area contributed by atoms with E-state index in [1.807, 2.05) is 0 Å². The van der Waals surface area contributed by atoms with Crippen LogP contribution in [0.3, 0.4) is 0 Å². The third-order valence-electron chi connectivity index (χ3n) is 4.81. The third kappa shape index (κ3) is 7.89. The van der Waals surface area contributed by atoms with Crippen LogP contribution >= 0.6 is 0 Å². The van der Waals surface area contributed by atoms with Gasteiger partial charge in [-0.1, -0.05) is 6.07 Å². The number of alkyl halides is 3. The first-order valence-electron chi connectivity index (χ1n) is 11.3. The van der Waals surface area contributed by atoms with Crippen molar-refractivity contribution in [3.05, 3.63) is 78.4 Å². The van der Waals surface area contributed by atoms with Crippen molar-refractivity contribution >= 4 is 34.8 Å². The Balaban J connectivity index is 1.62. The Morgan fingerprint density at radius 3 is 1.62 bits per heavy atom. The van der Waals surface area contributed by atoms with E-state index in [1.54, 1.807) is 48.5 Å². The van der Waals surface area contributed by atoms with E-state index in [0.717, 1.165) is 12.1 Å². The van der Waals surface area contributed by atoms with Crippen LogP contribution in [0, 0.1) is 0 Å². The summed E-state index contributed by atoms with van der Waals surface area (Å²) in [4.78, 5) is 34.9. The molecule has 39 heavy (non-hydrogen) atoms. The van der Waals surface area contributed by atoms with Crippen LogP contribution in [0.25, 0.3) is 0 Å². The smallest absolute Gasteiger partial charge is 0.416 e. The number of nitrogens with one attached hydrogen (secondary N) is 3. The monoisotopic (exact) mass is 538 g/mol. The fourth-order valence-electron chi connectivity index (χ4n) is 3.22. The molecule has 0 bridgehead atoms. The van der Waals surface area contributed by atoms with Crippen molar-refractivity contribution in [3.63, 3.8) is 0 Å². The van der Waals surface area contributed by atoms with Gasteiger partial charge in [-0.2, -0.15) is 23.1 Å². The summed E-state index contributed by atoms with van der Waals surface area (Å²) < 4.78 is 50.9. The van der Waals surface area contributed by atoms with Gasteiger partial charge in [0.25, 0.3) is 0 Å². The summed E-state index contributed by atoms with van der Waals surface area (Å²) in [7, 11) is 0. The number of anilines is 4. The zero-order valence-corrected chi connectivity index (χ0v) is 20.5. The summed E-state index contributed by atoms with van der Waals surface area (Å²) in [6, 6.07) is 16.8. The summed E-state index contributed by atoms with van der Waals surface area (Å²) in [5.41, 5.74) is 0.313. The third-order valence-corrected chi connectivity index (χ3v) is 4.81. The molecule has 2 amide bonds. The molecule has 3 N–H and O–H groups in total. The molecule has 200 valence electrons. The van der Waals surface area contributed by atoms with Crippen molar-refractivity contribution in [1.82, 2.24) is 15.0 Å². The minimum Gasteiger partial charge on any atom is -0.424 e. The highest BCUT2D eigenvalue weighted by atomic mass is 19.4. The first-order chi connectivity index (χ1) is 18.5. The quantitative estimate of drug-likeness (QED) is 0.244. The molecular formula is C26H21F3N6O4. The molecule has 13 heteroatoms. The van der Waals surface area contributed by atoms with Gasteiger partial charge >= 0.3 is 18.2 Å². The van der Waals surface area contributed by atoms with E-state index in [2.05, 4.69) is 30.9 Å². The number of halogens is 3. The highest BCUT2D eigenvalue weighted by Gasteiger charge is 2.30. The van der Waals surface area contributed by atoms with Crippen LogP contribution in [-0.4, -0.2) is 26.8 Å². The van der Waals surface area contributed by atoms with E-state index in [9.17, 15) is 22.8 Å². The highest BCUT2D eigenvalue weighted by molar-refractivity contribution is 5.89. The van der Waals surface area contributed by atoms with Crippen LogP contribution in [-0.2, 0) is 15.8 Å². The maximum Gasteiger partial charge on any atom is 0.416 e. The lowest BCUT2D eigenvalue weighted by Crippen LogP contribution is -2.07. The molecule has 4 aromatic rings. The van der Waals surface area contributed by atoms with E-state index in [1.165, 1.54) is 26.0 Å². The zero-order chi connectivity index (χ0) is 28.0. The first-order valence-corrected chi connectivity index (χ1v) is 11.3. The molecule has 10 nitrogen and oxygen atoms in total. The number of hydrogen-bond donors (Lipinski definition) is 3. The Kier molecular flexibility index (Phi) is 7.89. The number of benzene rings is 3. The number of carbonyl (C=O) groups excluding carboxylic acids is 2. The standard InChI is InChI=1S/C26H21F3N6O4/c1-15(36)30-18-6-10-21(11-7-18)38-24-33-23(32-20-5-3-4-17(14-20)26(27,28)29)34-25(35-24)39-22-12-8-19(9-13-22)31-16(2)37/h3-14H,1-2H3,(H,30,36)(H,31,37)(H,32,33,34,35). The van der Waals surface area contributed by atoms with Gasteiger partial charge in [-0.15, -0.1) is 4.98 Å². The number of ether oxygens (including phenoxy) is 2. The van der Waals surface area contributed by atoms with Gasteiger partial charge in [0.2, 0.25) is 17.8 Å². The van der Waals surface area contributed by atoms with Crippen molar-refractivity contribution in [2.24, 2.45) is 0 Å². The van der Waals surface area contributed by atoms with Gasteiger partial charge in [0, 0.05) is 30.9 Å². The van der Waals surface area contributed by atoms with Crippen LogP contribution in [0.4, 0.5) is 36.2 Å². The minimum atomic E-state index is -4.54. The molecule has 1 heterocycles. The molecule has 0 saturated carbocycles. The molecule has 0 atom stereocenters. The summed E-state index contributed by atoms with van der Waals surface area (Å²) in [6.45, 7) is 2.76. The minimum absolute atomic E-state index is 0.0762. The fourth-order valence-corrected chi connectivity index (χ4v) is 3.22. The van der Waals surface area contributed by atoms with Crippen LogP contribution < -0.4 is 25.4 Å². The molecule has 0 aliphatic carbocycles. The van der Waals surface area contributed by atoms with Crippen molar-refractivity contribution in [1.29, 1.82) is 0 Å². The van der Waals surface area contributed by atoms with Gasteiger partial charge in [-0.3, -0.25) is 9.59 Å². The second kappa shape index (κ2) is 11.5. The summed E-state index contributed by atoms with van der Waals surface area (Å²) in [6.07, 6.45) is -4.54. The largest absolute Gasteiger partial charge is 0.424 e. The Morgan fingerprint density at radius 1 is 0.692 bits per heavy atom. The number of hydrogen-bond acceptors (Lipinski definition) is 8. The maximum absolute atomic E-state index is 13.2. The summed E-state index contributed by atoms with van der Waals surface area (Å²) >= 11 is 0. The molecule has 0 spiro atoms. The van der Waals surface area contributed by atoms with Crippen molar-refractivity contribution in [2.45, 2.75) is 20.0 Å². The topological polar surface area (TPSA) is 127 Å². The number of rotatable bonds is 8. The second-order valence-electron chi connectivity index (χ2n) is 8.04. The SMILES string of the molecule is CC(=O)Nc1ccc(Oc2nc(Nc3cccc(C(F)(F)F)c3)nc(Oc3ccc(NC(C)=O)cc3)n2)cc1. The van der Waals surface area contributed by atoms with E-state index >= 15 is 0 Å². The van der Waals surface area contributed by atoms with E-state index in [-0.39, 0.29) is 35.5 Å². The van der Waals surface area contributed by atoms with Crippen molar-refractivity contribution < 1.29 is 32.2 Å². The van der Waals surface area contributed by atoms with E-state index in [0.29, 0.717) is 22.9 Å². The zero-order valence-electron chi connectivity index (χ0n) is 20.5. The predicted octanol–water partition coefficient (Wildman–Crippen LogP) is 6.14. The molecule has 3 aromatic carbocycles. The van der Waals surface area contributed by atoms with Gasteiger partial charge in [-0.05, 0) is 66.7 Å². The van der Waals surface area contributed by atoms with Gasteiger partial charge in [0.15, 0.2) is 0 Å². The molecule has 0 aliphatic rings. The first kappa shape index (κ1) is 26.9. The van der Waals surface area contributed by atoms with Gasteiger partial charge in [0.05, 0.1) is 5.56 Å². The Bertz CT molecular complexity index is 1400. The van der Waals surface area contributed by atoms with Crippen LogP contribution in [0.5, 0.6) is 23.5 Å². The maximum atomic E-state index is 13.2. The van der Waals surface area contributed by atoms with Gasteiger partial charge in [0.1, 0.15) is 11.5 Å². The van der Waals surface area contributed by atoms with Crippen molar-refractivity contribution in [3.8, 4) is 23.5 Å². The molecule has 0 aliphatic heterocycles. The number of amides is 2. The highest BCUT2D eigenvalue weighted by Crippen LogP contribution is 2.32. The molecule has 0 saturated heterocycles. The average Bonchev–Trinajstić information content (AvgIpc) is 2.85. The molecule has 0 radical (unpaired) electrons. The number of aromatic nitrogens is 3. The summed E-state index contributed by atoms with van der Waals surface area (Å²) in [5, 5.41) is 7.97. The normalized spacial score (nSPS) is 10.9. The van der Waals surface area contributed by atoms with Gasteiger partial charge < -0.3 is 25.4 Å².